The fourth-order valence-electron chi connectivity index (χ4n) is 4.10. The number of aromatic nitrogens is 3. The van der Waals surface area contributed by atoms with Crippen molar-refractivity contribution in [1.82, 2.24) is 19.5 Å². The second-order valence-electron chi connectivity index (χ2n) is 7.43. The Labute approximate surface area is 184 Å². The van der Waals surface area contributed by atoms with Crippen LogP contribution >= 0.6 is 22.9 Å². The summed E-state index contributed by atoms with van der Waals surface area (Å²) < 4.78 is 1.53. The van der Waals surface area contributed by atoms with Gasteiger partial charge in [0.05, 0.1) is 10.9 Å². The Morgan fingerprint density at radius 3 is 2.40 bits per heavy atom. The van der Waals surface area contributed by atoms with E-state index >= 15 is 0 Å². The van der Waals surface area contributed by atoms with E-state index in [9.17, 15) is 5.11 Å². The molecule has 3 heterocycles. The van der Waals surface area contributed by atoms with Crippen LogP contribution in [0.1, 0.15) is 22.3 Å². The van der Waals surface area contributed by atoms with E-state index in [0.717, 1.165) is 36.6 Å². The summed E-state index contributed by atoms with van der Waals surface area (Å²) in [5.74, 6) is 0.792. The molecule has 1 aliphatic heterocycles. The average Bonchev–Trinajstić information content (AvgIpc) is 3.28. The number of hydrogen-bond acceptors (Lipinski definition) is 6. The van der Waals surface area contributed by atoms with E-state index in [-0.39, 0.29) is 11.9 Å². The quantitative estimate of drug-likeness (QED) is 0.511. The first kappa shape index (κ1) is 19.4. The Kier molecular flexibility index (Phi) is 5.10. The van der Waals surface area contributed by atoms with Crippen molar-refractivity contribution < 1.29 is 5.11 Å². The monoisotopic (exact) mass is 439 g/mol. The lowest BCUT2D eigenvalue weighted by Crippen LogP contribution is -2.47. The van der Waals surface area contributed by atoms with E-state index < -0.39 is 0 Å². The first-order valence-electron chi connectivity index (χ1n) is 9.95. The molecule has 1 N–H and O–H groups in total. The number of fused-ring (bicyclic) bond motifs is 1. The summed E-state index contributed by atoms with van der Waals surface area (Å²) in [7, 11) is 0. The van der Waals surface area contributed by atoms with Crippen LogP contribution in [0.3, 0.4) is 0 Å². The molecular formula is C22H22ClN5OS. The maximum Gasteiger partial charge on any atom is 0.230 e. The molecule has 1 fully saturated rings. The van der Waals surface area contributed by atoms with Crippen molar-refractivity contribution in [2.75, 3.05) is 31.1 Å². The van der Waals surface area contributed by atoms with Crippen molar-refractivity contribution >= 4 is 33.6 Å². The lowest BCUT2D eigenvalue weighted by atomic mass is 10.0. The van der Waals surface area contributed by atoms with Crippen molar-refractivity contribution in [2.24, 2.45) is 0 Å². The van der Waals surface area contributed by atoms with Crippen molar-refractivity contribution in [3.8, 4) is 5.88 Å². The lowest BCUT2D eigenvalue weighted by molar-refractivity contribution is 0.211. The number of aryl methyl sites for hydroxylation is 1. The van der Waals surface area contributed by atoms with E-state index in [0.29, 0.717) is 15.8 Å². The topological polar surface area (TPSA) is 56.9 Å². The minimum atomic E-state index is -0.148. The standard InChI is InChI=1S/C22H22ClN5OS/c1-15-24-22-28(25-15)21(29)20(30-22)19(17-9-5-6-10-18(17)23)27-13-11-26(12-14-27)16-7-3-2-4-8-16/h2-10,19,29H,11-14H2,1H3/t19-/m1/s1. The summed E-state index contributed by atoms with van der Waals surface area (Å²) in [5.41, 5.74) is 2.23. The van der Waals surface area contributed by atoms with Crippen LogP contribution < -0.4 is 4.90 Å². The van der Waals surface area contributed by atoms with Gasteiger partial charge in [0.1, 0.15) is 5.82 Å². The van der Waals surface area contributed by atoms with Crippen LogP contribution in [-0.4, -0.2) is 50.8 Å². The number of piperazine rings is 1. The number of nitrogens with zero attached hydrogens (tertiary/aromatic N) is 5. The first-order valence-corrected chi connectivity index (χ1v) is 11.1. The molecule has 0 unspecified atom stereocenters. The Balaban J connectivity index is 1.50. The zero-order valence-electron chi connectivity index (χ0n) is 16.6. The van der Waals surface area contributed by atoms with Gasteiger partial charge >= 0.3 is 0 Å². The van der Waals surface area contributed by atoms with Gasteiger partial charge < -0.3 is 10.0 Å². The minimum absolute atomic E-state index is 0.144. The number of rotatable bonds is 4. The average molecular weight is 440 g/mol. The molecule has 1 aliphatic rings. The molecule has 5 rings (SSSR count). The van der Waals surface area contributed by atoms with Gasteiger partial charge in [-0.2, -0.15) is 4.52 Å². The van der Waals surface area contributed by atoms with Gasteiger partial charge in [0, 0.05) is 36.9 Å². The number of halogens is 1. The Morgan fingerprint density at radius 1 is 1.00 bits per heavy atom. The number of aromatic hydroxyl groups is 1. The van der Waals surface area contributed by atoms with Crippen molar-refractivity contribution in [3.05, 3.63) is 75.9 Å². The SMILES string of the molecule is Cc1nc2sc([C@@H](c3ccccc3Cl)N3CCN(c4ccccc4)CC3)c(O)n2n1. The van der Waals surface area contributed by atoms with E-state index in [1.54, 1.807) is 0 Å². The molecular weight excluding hydrogens is 418 g/mol. The van der Waals surface area contributed by atoms with E-state index in [1.807, 2.05) is 37.3 Å². The summed E-state index contributed by atoms with van der Waals surface area (Å²) in [6, 6.07) is 18.2. The number of benzene rings is 2. The molecule has 0 amide bonds. The Hall–Kier alpha value is -2.61. The van der Waals surface area contributed by atoms with Gasteiger partial charge in [-0.1, -0.05) is 59.3 Å². The molecule has 1 atom stereocenters. The summed E-state index contributed by atoms with van der Waals surface area (Å²) >= 11 is 8.08. The summed E-state index contributed by atoms with van der Waals surface area (Å²) in [4.78, 5) is 10.7. The van der Waals surface area contributed by atoms with Gasteiger partial charge in [0.25, 0.3) is 0 Å². The highest BCUT2D eigenvalue weighted by molar-refractivity contribution is 7.17. The summed E-state index contributed by atoms with van der Waals surface area (Å²) in [6.45, 7) is 5.36. The van der Waals surface area contributed by atoms with Crippen LogP contribution in [0.4, 0.5) is 5.69 Å². The third-order valence-corrected chi connectivity index (χ3v) is 6.97. The van der Waals surface area contributed by atoms with Crippen LogP contribution in [0.25, 0.3) is 4.96 Å². The fraction of sp³-hybridized carbons (Fsp3) is 0.273. The molecule has 2 aromatic heterocycles. The maximum atomic E-state index is 11.0. The molecule has 154 valence electrons. The van der Waals surface area contributed by atoms with Crippen LogP contribution in [0.15, 0.2) is 54.6 Å². The fourth-order valence-corrected chi connectivity index (χ4v) is 5.50. The number of hydrogen-bond donors (Lipinski definition) is 1. The molecule has 4 aromatic rings. The first-order chi connectivity index (χ1) is 14.6. The third-order valence-electron chi connectivity index (χ3n) is 5.55. The highest BCUT2D eigenvalue weighted by Crippen LogP contribution is 2.42. The highest BCUT2D eigenvalue weighted by atomic mass is 35.5. The molecule has 0 spiro atoms. The van der Waals surface area contributed by atoms with Crippen LogP contribution in [0.2, 0.25) is 5.02 Å². The summed E-state index contributed by atoms with van der Waals surface area (Å²) in [5, 5.41) is 16.0. The van der Waals surface area contributed by atoms with Gasteiger partial charge in [0.2, 0.25) is 10.8 Å². The minimum Gasteiger partial charge on any atom is -0.492 e. The number of thiazole rings is 1. The van der Waals surface area contributed by atoms with E-state index in [4.69, 9.17) is 11.6 Å². The molecule has 30 heavy (non-hydrogen) atoms. The van der Waals surface area contributed by atoms with Crippen molar-refractivity contribution in [3.63, 3.8) is 0 Å². The molecule has 0 aliphatic carbocycles. The van der Waals surface area contributed by atoms with Gasteiger partial charge in [-0.25, -0.2) is 4.98 Å². The Bertz CT molecular complexity index is 1170. The van der Waals surface area contributed by atoms with E-state index in [2.05, 4.69) is 44.1 Å². The predicted octanol–water partition coefficient (Wildman–Crippen LogP) is 4.37. The van der Waals surface area contributed by atoms with Gasteiger partial charge in [-0.3, -0.25) is 4.90 Å². The molecule has 0 saturated carbocycles. The van der Waals surface area contributed by atoms with Crippen LogP contribution in [-0.2, 0) is 0 Å². The van der Waals surface area contributed by atoms with Crippen molar-refractivity contribution in [2.45, 2.75) is 13.0 Å². The van der Waals surface area contributed by atoms with Crippen molar-refractivity contribution in [1.29, 1.82) is 0 Å². The zero-order chi connectivity index (χ0) is 20.7. The van der Waals surface area contributed by atoms with Gasteiger partial charge in [-0.05, 0) is 30.7 Å². The second-order valence-corrected chi connectivity index (χ2v) is 8.84. The maximum absolute atomic E-state index is 11.0. The summed E-state index contributed by atoms with van der Waals surface area (Å²) in [6.07, 6.45) is 0. The van der Waals surface area contributed by atoms with Gasteiger partial charge in [0.15, 0.2) is 0 Å². The van der Waals surface area contributed by atoms with E-state index in [1.165, 1.54) is 21.5 Å². The largest absolute Gasteiger partial charge is 0.492 e. The number of anilines is 1. The van der Waals surface area contributed by atoms with Crippen LogP contribution in [0.5, 0.6) is 5.88 Å². The van der Waals surface area contributed by atoms with Gasteiger partial charge in [-0.15, -0.1) is 5.10 Å². The normalized spacial score (nSPS) is 16.3. The molecule has 1 saturated heterocycles. The Morgan fingerprint density at radius 2 is 1.70 bits per heavy atom. The smallest absolute Gasteiger partial charge is 0.230 e. The third kappa shape index (κ3) is 3.43. The molecule has 8 heteroatoms. The number of para-hydroxylation sites is 1. The molecule has 0 bridgehead atoms. The molecule has 0 radical (unpaired) electrons. The molecule has 6 nitrogen and oxygen atoms in total. The molecule has 2 aromatic carbocycles. The predicted molar refractivity (Wildman–Crippen MR) is 121 cm³/mol. The zero-order valence-corrected chi connectivity index (χ0v) is 18.1. The second kappa shape index (κ2) is 7.91. The highest BCUT2D eigenvalue weighted by Gasteiger charge is 2.32. The van der Waals surface area contributed by atoms with Crippen LogP contribution in [0, 0.1) is 6.92 Å². The lowest BCUT2D eigenvalue weighted by Gasteiger charge is -2.40.